The van der Waals surface area contributed by atoms with Gasteiger partial charge in [0.1, 0.15) is 5.38 Å². The maximum absolute atomic E-state index is 11.9. The number of halogens is 1. The van der Waals surface area contributed by atoms with Crippen LogP contribution in [0.1, 0.15) is 12.5 Å². The minimum Gasteiger partial charge on any atom is -0.396 e. The van der Waals surface area contributed by atoms with Gasteiger partial charge < -0.3 is 10.0 Å². The van der Waals surface area contributed by atoms with Crippen LogP contribution in [0.25, 0.3) is 0 Å². The zero-order valence-corrected chi connectivity index (χ0v) is 10.5. The van der Waals surface area contributed by atoms with Crippen molar-refractivity contribution in [2.24, 2.45) is 5.92 Å². The minimum absolute atomic E-state index is 0.0521. The normalized spacial score (nSPS) is 24.4. The highest BCUT2D eigenvalue weighted by molar-refractivity contribution is 6.34. The molecule has 1 aliphatic rings. The number of carbonyl (C=O) groups is 1. The molecule has 1 aliphatic heterocycles. The molecule has 17 heavy (non-hydrogen) atoms. The molecule has 1 heterocycles. The number of aliphatic hydroxyl groups is 1. The van der Waals surface area contributed by atoms with Crippen molar-refractivity contribution in [1.29, 1.82) is 0 Å². The van der Waals surface area contributed by atoms with E-state index in [1.54, 1.807) is 4.90 Å². The van der Waals surface area contributed by atoms with Crippen LogP contribution in [0, 0.1) is 5.92 Å². The molecule has 1 aromatic rings. The number of hydrogen-bond donors (Lipinski definition) is 1. The summed E-state index contributed by atoms with van der Waals surface area (Å²) in [4.78, 5) is 13.6. The van der Waals surface area contributed by atoms with Gasteiger partial charge in [0.15, 0.2) is 0 Å². The quantitative estimate of drug-likeness (QED) is 0.835. The van der Waals surface area contributed by atoms with Crippen LogP contribution in [0.5, 0.6) is 0 Å². The lowest BCUT2D eigenvalue weighted by Gasteiger charge is -2.16. The zero-order valence-electron chi connectivity index (χ0n) is 9.77. The molecule has 0 aliphatic carbocycles. The molecular formula is C13H16ClNO2. The molecule has 0 bridgehead atoms. The van der Waals surface area contributed by atoms with Crippen LogP contribution in [0.4, 0.5) is 5.69 Å². The van der Waals surface area contributed by atoms with Gasteiger partial charge in [-0.1, -0.05) is 19.1 Å². The highest BCUT2D eigenvalue weighted by Gasteiger charge is 2.39. The maximum Gasteiger partial charge on any atom is 0.245 e. The van der Waals surface area contributed by atoms with E-state index in [0.29, 0.717) is 6.54 Å². The monoisotopic (exact) mass is 253 g/mol. The summed E-state index contributed by atoms with van der Waals surface area (Å²) in [5.41, 5.74) is 2.09. The Labute approximate surface area is 106 Å². The second-order valence-electron chi connectivity index (χ2n) is 4.31. The van der Waals surface area contributed by atoms with E-state index in [1.807, 2.05) is 24.3 Å². The van der Waals surface area contributed by atoms with Gasteiger partial charge in [0, 0.05) is 24.8 Å². The van der Waals surface area contributed by atoms with Crippen LogP contribution in [-0.2, 0) is 11.2 Å². The zero-order chi connectivity index (χ0) is 12.4. The average Bonchev–Trinajstić information content (AvgIpc) is 2.66. The van der Waals surface area contributed by atoms with Crippen LogP contribution in [0.15, 0.2) is 24.3 Å². The van der Waals surface area contributed by atoms with Gasteiger partial charge in [-0.15, -0.1) is 11.6 Å². The van der Waals surface area contributed by atoms with Crippen LogP contribution in [0.3, 0.4) is 0 Å². The number of aliphatic hydroxyl groups excluding tert-OH is 1. The van der Waals surface area contributed by atoms with Gasteiger partial charge in [-0.05, 0) is 24.1 Å². The molecule has 92 valence electrons. The summed E-state index contributed by atoms with van der Waals surface area (Å²) in [6.07, 6.45) is 0.978. The predicted octanol–water partition coefficient (Wildman–Crippen LogP) is 1.81. The number of alkyl halides is 1. The van der Waals surface area contributed by atoms with Crippen molar-refractivity contribution >= 4 is 23.2 Å². The Hall–Kier alpha value is -1.06. The lowest BCUT2D eigenvalue weighted by molar-refractivity contribution is -0.117. The smallest absolute Gasteiger partial charge is 0.245 e. The Morgan fingerprint density at radius 2 is 2.06 bits per heavy atom. The van der Waals surface area contributed by atoms with E-state index < -0.39 is 5.38 Å². The number of rotatable bonds is 3. The number of benzene rings is 1. The Morgan fingerprint density at radius 3 is 2.53 bits per heavy atom. The molecule has 0 radical (unpaired) electrons. The topological polar surface area (TPSA) is 40.5 Å². The maximum atomic E-state index is 11.9. The highest BCUT2D eigenvalue weighted by Crippen LogP contribution is 2.28. The fourth-order valence-corrected chi connectivity index (χ4v) is 2.34. The summed E-state index contributed by atoms with van der Waals surface area (Å²) in [5.74, 6) is -0.287. The molecule has 4 heteroatoms. The van der Waals surface area contributed by atoms with E-state index in [-0.39, 0.29) is 18.4 Å². The van der Waals surface area contributed by atoms with Crippen molar-refractivity contribution < 1.29 is 9.90 Å². The first kappa shape index (κ1) is 12.4. The Bertz CT molecular complexity index is 404. The fourth-order valence-electron chi connectivity index (χ4n) is 2.06. The van der Waals surface area contributed by atoms with Gasteiger partial charge in [0.05, 0.1) is 0 Å². The molecular weight excluding hydrogens is 238 g/mol. The third-order valence-corrected chi connectivity index (χ3v) is 3.77. The molecule has 2 rings (SSSR count). The number of nitrogens with zero attached hydrogens (tertiary/aromatic N) is 1. The van der Waals surface area contributed by atoms with Crippen molar-refractivity contribution in [2.75, 3.05) is 18.1 Å². The lowest BCUT2D eigenvalue weighted by atomic mass is 10.1. The molecule has 0 spiro atoms. The van der Waals surface area contributed by atoms with Crippen molar-refractivity contribution in [3.8, 4) is 0 Å². The van der Waals surface area contributed by atoms with E-state index in [4.69, 9.17) is 16.7 Å². The number of hydrogen-bond acceptors (Lipinski definition) is 2. The summed E-state index contributed by atoms with van der Waals surface area (Å²) in [6, 6.07) is 7.89. The van der Waals surface area contributed by atoms with Gasteiger partial charge in [-0.25, -0.2) is 0 Å². The summed E-state index contributed by atoms with van der Waals surface area (Å²) in [7, 11) is 0. The van der Waals surface area contributed by atoms with Crippen molar-refractivity contribution in [3.05, 3.63) is 29.8 Å². The van der Waals surface area contributed by atoms with E-state index >= 15 is 0 Å². The molecule has 1 saturated heterocycles. The Kier molecular flexibility index (Phi) is 3.69. The largest absolute Gasteiger partial charge is 0.396 e. The molecule has 2 unspecified atom stereocenters. The minimum atomic E-state index is -0.606. The van der Waals surface area contributed by atoms with Crippen LogP contribution < -0.4 is 4.90 Å². The average molecular weight is 254 g/mol. The summed E-state index contributed by atoms with van der Waals surface area (Å²) < 4.78 is 0. The predicted molar refractivity (Wildman–Crippen MR) is 68.4 cm³/mol. The van der Waals surface area contributed by atoms with Gasteiger partial charge in [-0.2, -0.15) is 0 Å². The van der Waals surface area contributed by atoms with E-state index in [0.717, 1.165) is 12.1 Å². The molecule has 2 atom stereocenters. The second kappa shape index (κ2) is 5.07. The number of carbonyl (C=O) groups excluding carboxylic acids is 1. The van der Waals surface area contributed by atoms with Gasteiger partial charge >= 0.3 is 0 Å². The SMILES string of the molecule is CCc1ccc(N2CC(CO)C(Cl)C2=O)cc1. The van der Waals surface area contributed by atoms with Crippen molar-refractivity contribution in [1.82, 2.24) is 0 Å². The summed E-state index contributed by atoms with van der Waals surface area (Å²) in [6.45, 7) is 2.53. The second-order valence-corrected chi connectivity index (χ2v) is 4.78. The fraction of sp³-hybridized carbons (Fsp3) is 0.462. The highest BCUT2D eigenvalue weighted by atomic mass is 35.5. The van der Waals surface area contributed by atoms with E-state index in [1.165, 1.54) is 5.56 Å². The third-order valence-electron chi connectivity index (χ3n) is 3.22. The van der Waals surface area contributed by atoms with E-state index in [9.17, 15) is 4.79 Å². The molecule has 1 aromatic carbocycles. The van der Waals surface area contributed by atoms with Gasteiger partial charge in [0.25, 0.3) is 0 Å². The molecule has 1 amide bonds. The van der Waals surface area contributed by atoms with E-state index in [2.05, 4.69) is 6.92 Å². The number of aryl methyl sites for hydroxylation is 1. The van der Waals surface area contributed by atoms with Gasteiger partial charge in [0.2, 0.25) is 5.91 Å². The molecule has 0 saturated carbocycles. The van der Waals surface area contributed by atoms with Crippen LogP contribution >= 0.6 is 11.6 Å². The summed E-state index contributed by atoms with van der Waals surface area (Å²) in [5, 5.41) is 8.53. The van der Waals surface area contributed by atoms with Crippen LogP contribution in [0.2, 0.25) is 0 Å². The van der Waals surface area contributed by atoms with Crippen LogP contribution in [-0.4, -0.2) is 29.5 Å². The molecule has 1 fully saturated rings. The molecule has 0 aromatic heterocycles. The molecule has 3 nitrogen and oxygen atoms in total. The Balaban J connectivity index is 2.20. The first-order valence-electron chi connectivity index (χ1n) is 5.82. The van der Waals surface area contributed by atoms with Crippen molar-refractivity contribution in [3.63, 3.8) is 0 Å². The van der Waals surface area contributed by atoms with Gasteiger partial charge in [-0.3, -0.25) is 4.79 Å². The number of anilines is 1. The third kappa shape index (κ3) is 2.31. The van der Waals surface area contributed by atoms with Crippen molar-refractivity contribution in [2.45, 2.75) is 18.7 Å². The lowest BCUT2D eigenvalue weighted by Crippen LogP contribution is -2.27. The number of amides is 1. The Morgan fingerprint density at radius 1 is 1.41 bits per heavy atom. The summed E-state index contributed by atoms with van der Waals surface area (Å²) >= 11 is 5.98. The molecule has 1 N–H and O–H groups in total. The first-order chi connectivity index (χ1) is 8.17. The first-order valence-corrected chi connectivity index (χ1v) is 6.26. The standard InChI is InChI=1S/C13H16ClNO2/c1-2-9-3-5-11(6-4-9)15-7-10(8-16)12(14)13(15)17/h3-6,10,12,16H,2,7-8H2,1H3.